The minimum Gasteiger partial charge on any atom is -0.385 e. The first kappa shape index (κ1) is 18.6. The molecular formula is C21H25N5O2. The summed E-state index contributed by atoms with van der Waals surface area (Å²) in [7, 11) is 1.73. The highest BCUT2D eigenvalue weighted by Gasteiger charge is 2.22. The lowest BCUT2D eigenvalue weighted by atomic mass is 10.2. The Morgan fingerprint density at radius 3 is 2.64 bits per heavy atom. The smallest absolute Gasteiger partial charge is 0.255 e. The number of pyridine rings is 1. The molecule has 146 valence electrons. The number of hydrogen-bond acceptors (Lipinski definition) is 5. The van der Waals surface area contributed by atoms with Gasteiger partial charge in [-0.25, -0.2) is 9.97 Å². The Morgan fingerprint density at radius 1 is 1.11 bits per heavy atom. The number of nitrogens with zero attached hydrogens (tertiary/aromatic N) is 5. The van der Waals surface area contributed by atoms with Crippen molar-refractivity contribution in [3.05, 3.63) is 54.5 Å². The van der Waals surface area contributed by atoms with Crippen molar-refractivity contribution in [1.82, 2.24) is 24.3 Å². The summed E-state index contributed by atoms with van der Waals surface area (Å²) in [5.74, 6) is 0.0280. The topological polar surface area (TPSA) is 63.5 Å². The number of benzene rings is 1. The summed E-state index contributed by atoms with van der Waals surface area (Å²) >= 11 is 0. The van der Waals surface area contributed by atoms with Gasteiger partial charge in [0, 0.05) is 58.3 Å². The molecule has 0 aliphatic carbocycles. The van der Waals surface area contributed by atoms with Crippen LogP contribution in [0.4, 0.5) is 0 Å². The average molecular weight is 379 g/mol. The molecule has 0 N–H and O–H groups in total. The predicted molar refractivity (Wildman–Crippen MR) is 108 cm³/mol. The van der Waals surface area contributed by atoms with Gasteiger partial charge in [0.25, 0.3) is 5.91 Å². The second-order valence-electron chi connectivity index (χ2n) is 7.00. The molecule has 2 aromatic heterocycles. The molecule has 28 heavy (non-hydrogen) atoms. The third-order valence-corrected chi connectivity index (χ3v) is 5.15. The van der Waals surface area contributed by atoms with E-state index in [4.69, 9.17) is 4.74 Å². The highest BCUT2D eigenvalue weighted by Crippen LogP contribution is 2.18. The Morgan fingerprint density at radius 2 is 1.89 bits per heavy atom. The monoisotopic (exact) mass is 379 g/mol. The van der Waals surface area contributed by atoms with Crippen LogP contribution in [0.15, 0.2) is 48.9 Å². The Bertz CT molecular complexity index is 932. The number of para-hydroxylation sites is 1. The standard InChI is InChI=1S/C21H25N5O2/c1-28-13-5-8-24-9-11-25(12-10-24)21(27)17-14-19-20(22-15-17)26(16-23-19)18-6-3-2-4-7-18/h2-4,6-7,14-16H,5,8-13H2,1H3. The molecule has 3 aromatic rings. The molecular weight excluding hydrogens is 354 g/mol. The number of carbonyl (C=O) groups is 1. The summed E-state index contributed by atoms with van der Waals surface area (Å²) in [6.07, 6.45) is 4.44. The number of hydrogen-bond donors (Lipinski definition) is 0. The Labute approximate surface area is 164 Å². The predicted octanol–water partition coefficient (Wildman–Crippen LogP) is 2.21. The van der Waals surface area contributed by atoms with E-state index in [1.807, 2.05) is 45.9 Å². The zero-order valence-corrected chi connectivity index (χ0v) is 16.1. The molecule has 0 bridgehead atoms. The van der Waals surface area contributed by atoms with E-state index in [2.05, 4.69) is 14.9 Å². The molecule has 0 atom stereocenters. The van der Waals surface area contributed by atoms with Crippen LogP contribution < -0.4 is 0 Å². The van der Waals surface area contributed by atoms with Gasteiger partial charge in [-0.05, 0) is 24.6 Å². The molecule has 1 aliphatic heterocycles. The number of ether oxygens (including phenoxy) is 1. The number of amides is 1. The lowest BCUT2D eigenvalue weighted by molar-refractivity contribution is 0.0624. The van der Waals surface area contributed by atoms with Crippen molar-refractivity contribution in [3.8, 4) is 5.69 Å². The second kappa shape index (κ2) is 8.50. The van der Waals surface area contributed by atoms with Gasteiger partial charge in [-0.15, -0.1) is 0 Å². The molecule has 1 saturated heterocycles. The summed E-state index contributed by atoms with van der Waals surface area (Å²) in [5, 5.41) is 0. The quantitative estimate of drug-likeness (QED) is 0.615. The van der Waals surface area contributed by atoms with E-state index >= 15 is 0 Å². The van der Waals surface area contributed by atoms with E-state index in [9.17, 15) is 4.79 Å². The van der Waals surface area contributed by atoms with Crippen molar-refractivity contribution in [2.75, 3.05) is 46.4 Å². The van der Waals surface area contributed by atoms with E-state index in [-0.39, 0.29) is 5.91 Å². The number of imidazole rings is 1. The number of fused-ring (bicyclic) bond motifs is 1. The van der Waals surface area contributed by atoms with Crippen LogP contribution in [0.2, 0.25) is 0 Å². The molecule has 3 heterocycles. The van der Waals surface area contributed by atoms with E-state index in [1.54, 1.807) is 19.6 Å². The second-order valence-corrected chi connectivity index (χ2v) is 7.00. The minimum atomic E-state index is 0.0280. The van der Waals surface area contributed by atoms with Crippen molar-refractivity contribution in [2.45, 2.75) is 6.42 Å². The van der Waals surface area contributed by atoms with E-state index in [0.29, 0.717) is 5.56 Å². The van der Waals surface area contributed by atoms with Crippen LogP contribution in [0.1, 0.15) is 16.8 Å². The maximum atomic E-state index is 12.9. The summed E-state index contributed by atoms with van der Waals surface area (Å²) in [4.78, 5) is 26.2. The summed E-state index contributed by atoms with van der Waals surface area (Å²) in [6, 6.07) is 11.8. The van der Waals surface area contributed by atoms with Crippen LogP contribution in [0.25, 0.3) is 16.9 Å². The molecule has 7 heteroatoms. The molecule has 1 aliphatic rings. The lowest BCUT2D eigenvalue weighted by Crippen LogP contribution is -2.49. The normalized spacial score (nSPS) is 15.2. The van der Waals surface area contributed by atoms with Crippen molar-refractivity contribution < 1.29 is 9.53 Å². The zero-order chi connectivity index (χ0) is 19.3. The summed E-state index contributed by atoms with van der Waals surface area (Å²) < 4.78 is 7.04. The molecule has 7 nitrogen and oxygen atoms in total. The minimum absolute atomic E-state index is 0.0280. The van der Waals surface area contributed by atoms with Gasteiger partial charge >= 0.3 is 0 Å². The average Bonchev–Trinajstić information content (AvgIpc) is 3.18. The largest absolute Gasteiger partial charge is 0.385 e. The Balaban J connectivity index is 1.44. The van der Waals surface area contributed by atoms with Crippen LogP contribution in [-0.2, 0) is 4.74 Å². The van der Waals surface area contributed by atoms with Gasteiger partial charge < -0.3 is 9.64 Å². The van der Waals surface area contributed by atoms with E-state index < -0.39 is 0 Å². The lowest BCUT2D eigenvalue weighted by Gasteiger charge is -2.34. The summed E-state index contributed by atoms with van der Waals surface area (Å²) in [5.41, 5.74) is 3.08. The SMILES string of the molecule is COCCCN1CCN(C(=O)c2cnc3c(c2)ncn3-c2ccccc2)CC1. The van der Waals surface area contributed by atoms with Crippen LogP contribution in [0, 0.1) is 0 Å². The molecule has 4 rings (SSSR count). The third kappa shape index (κ3) is 3.90. The third-order valence-electron chi connectivity index (χ3n) is 5.15. The maximum absolute atomic E-state index is 12.9. The number of piperazine rings is 1. The molecule has 0 saturated carbocycles. The van der Waals surface area contributed by atoms with Crippen molar-refractivity contribution in [3.63, 3.8) is 0 Å². The van der Waals surface area contributed by atoms with E-state index in [0.717, 1.165) is 62.6 Å². The van der Waals surface area contributed by atoms with Crippen molar-refractivity contribution in [1.29, 1.82) is 0 Å². The Kier molecular flexibility index (Phi) is 5.64. The highest BCUT2D eigenvalue weighted by atomic mass is 16.5. The van der Waals surface area contributed by atoms with Crippen LogP contribution in [0.5, 0.6) is 0 Å². The maximum Gasteiger partial charge on any atom is 0.255 e. The van der Waals surface area contributed by atoms with Gasteiger partial charge in [0.15, 0.2) is 5.65 Å². The molecule has 0 spiro atoms. The fourth-order valence-electron chi connectivity index (χ4n) is 3.59. The van der Waals surface area contributed by atoms with Gasteiger partial charge in [-0.1, -0.05) is 18.2 Å². The molecule has 0 unspecified atom stereocenters. The molecule has 1 amide bonds. The van der Waals surface area contributed by atoms with Gasteiger partial charge in [0.1, 0.15) is 11.8 Å². The number of aromatic nitrogens is 3. The molecule has 0 radical (unpaired) electrons. The van der Waals surface area contributed by atoms with Crippen LogP contribution in [-0.4, -0.2) is 76.7 Å². The zero-order valence-electron chi connectivity index (χ0n) is 16.1. The first-order valence-electron chi connectivity index (χ1n) is 9.65. The first-order valence-corrected chi connectivity index (χ1v) is 9.65. The fraction of sp³-hybridized carbons (Fsp3) is 0.381. The van der Waals surface area contributed by atoms with Gasteiger partial charge in [0.2, 0.25) is 0 Å². The number of methoxy groups -OCH3 is 1. The van der Waals surface area contributed by atoms with E-state index in [1.165, 1.54) is 0 Å². The van der Waals surface area contributed by atoms with Gasteiger partial charge in [-0.3, -0.25) is 14.3 Å². The van der Waals surface area contributed by atoms with Crippen LogP contribution >= 0.6 is 0 Å². The van der Waals surface area contributed by atoms with Gasteiger partial charge in [-0.2, -0.15) is 0 Å². The Hall–Kier alpha value is -2.77. The number of carbonyl (C=O) groups excluding carboxylic acids is 1. The van der Waals surface area contributed by atoms with Crippen LogP contribution in [0.3, 0.4) is 0 Å². The highest BCUT2D eigenvalue weighted by molar-refractivity contribution is 5.96. The summed E-state index contributed by atoms with van der Waals surface area (Å²) in [6.45, 7) is 5.06. The van der Waals surface area contributed by atoms with Gasteiger partial charge in [0.05, 0.1) is 5.56 Å². The molecule has 1 fully saturated rings. The fourth-order valence-corrected chi connectivity index (χ4v) is 3.59. The van der Waals surface area contributed by atoms with Crippen molar-refractivity contribution >= 4 is 17.1 Å². The van der Waals surface area contributed by atoms with Crippen molar-refractivity contribution in [2.24, 2.45) is 0 Å². The molecule has 1 aromatic carbocycles. The first-order chi connectivity index (χ1) is 13.8. The number of rotatable bonds is 6.